The van der Waals surface area contributed by atoms with Gasteiger partial charge < -0.3 is 9.80 Å². The number of alkyl halides is 3. The SMILES string of the molecule is O=C(c1cccc(C(F)(F)F)c1)N1CCN(c2nc(C3CC3)nc3sc4c(c23)CCCCC4)CC1. The maximum Gasteiger partial charge on any atom is 0.416 e. The number of hydrogen-bond acceptors (Lipinski definition) is 5. The zero-order valence-corrected chi connectivity index (χ0v) is 20.2. The topological polar surface area (TPSA) is 49.3 Å². The minimum Gasteiger partial charge on any atom is -0.352 e. The summed E-state index contributed by atoms with van der Waals surface area (Å²) in [5.41, 5.74) is 0.690. The van der Waals surface area contributed by atoms with E-state index in [0.717, 1.165) is 54.3 Å². The molecule has 9 heteroatoms. The fourth-order valence-electron chi connectivity index (χ4n) is 5.22. The molecule has 2 aromatic heterocycles. The van der Waals surface area contributed by atoms with E-state index in [2.05, 4.69) is 4.90 Å². The Labute approximate surface area is 206 Å². The third-order valence-electron chi connectivity index (χ3n) is 7.31. The largest absolute Gasteiger partial charge is 0.416 e. The van der Waals surface area contributed by atoms with E-state index in [1.54, 1.807) is 4.90 Å². The van der Waals surface area contributed by atoms with Gasteiger partial charge in [-0.05, 0) is 62.3 Å². The quantitative estimate of drug-likeness (QED) is 0.426. The van der Waals surface area contributed by atoms with Crippen molar-refractivity contribution in [3.05, 3.63) is 51.7 Å². The molecule has 1 saturated heterocycles. The molecule has 3 aliphatic rings. The van der Waals surface area contributed by atoms with E-state index < -0.39 is 11.7 Å². The number of benzene rings is 1. The van der Waals surface area contributed by atoms with Gasteiger partial charge in [-0.2, -0.15) is 13.2 Å². The summed E-state index contributed by atoms with van der Waals surface area (Å²) >= 11 is 1.82. The Balaban J connectivity index is 1.26. The normalized spacial score (nSPS) is 19.1. The number of anilines is 1. The number of carbonyl (C=O) groups excluding carboxylic acids is 1. The summed E-state index contributed by atoms with van der Waals surface area (Å²) in [5.74, 6) is 2.02. The highest BCUT2D eigenvalue weighted by atomic mass is 32.1. The molecule has 1 aliphatic heterocycles. The number of thiophene rings is 1. The Morgan fingerprint density at radius 1 is 1.00 bits per heavy atom. The predicted molar refractivity (Wildman–Crippen MR) is 130 cm³/mol. The molecular weight excluding hydrogens is 473 g/mol. The summed E-state index contributed by atoms with van der Waals surface area (Å²) in [6.45, 7) is 2.11. The summed E-state index contributed by atoms with van der Waals surface area (Å²) in [6, 6.07) is 4.70. The van der Waals surface area contributed by atoms with Gasteiger partial charge in [-0.25, -0.2) is 9.97 Å². The van der Waals surface area contributed by atoms with Crippen LogP contribution in [0.4, 0.5) is 19.0 Å². The number of nitrogens with zero attached hydrogens (tertiary/aromatic N) is 4. The van der Waals surface area contributed by atoms with Crippen molar-refractivity contribution < 1.29 is 18.0 Å². The summed E-state index contributed by atoms with van der Waals surface area (Å²) in [7, 11) is 0. The van der Waals surface area contributed by atoms with Crippen LogP contribution in [0, 0.1) is 0 Å². The summed E-state index contributed by atoms with van der Waals surface area (Å²) in [4.78, 5) is 29.5. The van der Waals surface area contributed by atoms with Gasteiger partial charge in [-0.1, -0.05) is 12.5 Å². The first-order valence-electron chi connectivity index (χ1n) is 12.4. The average Bonchev–Trinajstić information content (AvgIpc) is 3.68. The van der Waals surface area contributed by atoms with Crippen LogP contribution in [-0.2, 0) is 19.0 Å². The van der Waals surface area contributed by atoms with E-state index >= 15 is 0 Å². The molecule has 1 saturated carbocycles. The zero-order valence-electron chi connectivity index (χ0n) is 19.4. The first kappa shape index (κ1) is 22.8. The van der Waals surface area contributed by atoms with E-state index in [1.807, 2.05) is 11.3 Å². The van der Waals surface area contributed by atoms with Crippen LogP contribution in [0.25, 0.3) is 10.2 Å². The molecule has 2 fully saturated rings. The van der Waals surface area contributed by atoms with Crippen molar-refractivity contribution in [3.8, 4) is 0 Å². The third-order valence-corrected chi connectivity index (χ3v) is 8.49. The third kappa shape index (κ3) is 4.39. The zero-order chi connectivity index (χ0) is 24.2. The molecule has 0 unspecified atom stereocenters. The Morgan fingerprint density at radius 2 is 1.77 bits per heavy atom. The Bertz CT molecular complexity index is 1280. The number of hydrogen-bond donors (Lipinski definition) is 0. The molecule has 35 heavy (non-hydrogen) atoms. The lowest BCUT2D eigenvalue weighted by atomic mass is 10.1. The summed E-state index contributed by atoms with van der Waals surface area (Å²) in [5, 5.41) is 1.19. The van der Waals surface area contributed by atoms with Gasteiger partial charge in [-0.15, -0.1) is 11.3 Å². The first-order valence-corrected chi connectivity index (χ1v) is 13.2. The summed E-state index contributed by atoms with van der Waals surface area (Å²) < 4.78 is 39.3. The van der Waals surface area contributed by atoms with E-state index in [9.17, 15) is 18.0 Å². The summed E-state index contributed by atoms with van der Waals surface area (Å²) in [6.07, 6.45) is 3.61. The number of aromatic nitrogens is 2. The van der Waals surface area contributed by atoms with Crippen LogP contribution < -0.4 is 4.90 Å². The highest BCUT2D eigenvalue weighted by Crippen LogP contribution is 2.44. The number of carbonyl (C=O) groups is 1. The van der Waals surface area contributed by atoms with E-state index in [1.165, 1.54) is 47.2 Å². The molecule has 1 aromatic carbocycles. The van der Waals surface area contributed by atoms with Crippen molar-refractivity contribution in [1.29, 1.82) is 0 Å². The Morgan fingerprint density at radius 3 is 2.51 bits per heavy atom. The lowest BCUT2D eigenvalue weighted by molar-refractivity contribution is -0.137. The number of rotatable bonds is 3. The molecule has 5 nitrogen and oxygen atoms in total. The molecule has 0 radical (unpaired) electrons. The minimum atomic E-state index is -4.47. The van der Waals surface area contributed by atoms with Gasteiger partial charge in [0.05, 0.1) is 10.9 Å². The molecular formula is C26H27F3N4OS. The van der Waals surface area contributed by atoms with Crippen molar-refractivity contribution in [2.75, 3.05) is 31.1 Å². The molecule has 0 atom stereocenters. The fraction of sp³-hybridized carbons (Fsp3) is 0.500. The lowest BCUT2D eigenvalue weighted by Crippen LogP contribution is -2.49. The van der Waals surface area contributed by atoms with Crippen molar-refractivity contribution in [3.63, 3.8) is 0 Å². The second kappa shape index (κ2) is 8.76. The maximum absolute atomic E-state index is 13.1. The van der Waals surface area contributed by atoms with Crippen molar-refractivity contribution in [2.24, 2.45) is 0 Å². The minimum absolute atomic E-state index is 0.0804. The number of fused-ring (bicyclic) bond motifs is 3. The molecule has 6 rings (SSSR count). The fourth-order valence-corrected chi connectivity index (χ4v) is 6.48. The van der Waals surface area contributed by atoms with Crippen LogP contribution in [-0.4, -0.2) is 47.0 Å². The van der Waals surface area contributed by atoms with Crippen molar-refractivity contribution in [1.82, 2.24) is 14.9 Å². The second-order valence-corrected chi connectivity index (χ2v) is 10.9. The lowest BCUT2D eigenvalue weighted by Gasteiger charge is -2.36. The van der Waals surface area contributed by atoms with E-state index in [4.69, 9.17) is 9.97 Å². The molecule has 0 bridgehead atoms. The molecule has 184 valence electrons. The molecule has 3 heterocycles. The standard InChI is InChI=1S/C26H27F3N4OS/c27-26(28,29)18-6-4-5-17(15-18)25(34)33-13-11-32(12-14-33)23-21-19-7-2-1-3-8-20(19)35-24(21)31-22(30-23)16-9-10-16/h4-6,15-16H,1-3,7-14H2. The molecule has 0 N–H and O–H groups in total. The van der Waals surface area contributed by atoms with Gasteiger partial charge in [0.15, 0.2) is 0 Å². The van der Waals surface area contributed by atoms with E-state index in [0.29, 0.717) is 32.1 Å². The van der Waals surface area contributed by atoms with Gasteiger partial charge in [0.25, 0.3) is 5.91 Å². The van der Waals surface area contributed by atoms with Crippen LogP contribution in [0.2, 0.25) is 0 Å². The maximum atomic E-state index is 13.1. The monoisotopic (exact) mass is 500 g/mol. The van der Waals surface area contributed by atoms with Crippen LogP contribution in [0.5, 0.6) is 0 Å². The van der Waals surface area contributed by atoms with Gasteiger partial charge in [0.1, 0.15) is 16.5 Å². The molecule has 2 aliphatic carbocycles. The predicted octanol–water partition coefficient (Wildman–Crippen LogP) is 5.82. The number of amides is 1. The van der Waals surface area contributed by atoms with Crippen LogP contribution in [0.15, 0.2) is 24.3 Å². The molecule has 0 spiro atoms. The van der Waals surface area contributed by atoms with Crippen LogP contribution in [0.3, 0.4) is 0 Å². The highest BCUT2D eigenvalue weighted by molar-refractivity contribution is 7.19. The molecule has 1 amide bonds. The van der Waals surface area contributed by atoms with Crippen LogP contribution in [0.1, 0.15) is 70.2 Å². The van der Waals surface area contributed by atoms with Crippen molar-refractivity contribution >= 4 is 33.3 Å². The van der Waals surface area contributed by atoms with Gasteiger partial charge in [-0.3, -0.25) is 4.79 Å². The van der Waals surface area contributed by atoms with Gasteiger partial charge in [0.2, 0.25) is 0 Å². The van der Waals surface area contributed by atoms with Crippen LogP contribution >= 0.6 is 11.3 Å². The Kier molecular flexibility index (Phi) is 5.70. The Hall–Kier alpha value is -2.68. The number of aryl methyl sites for hydroxylation is 2. The van der Waals surface area contributed by atoms with E-state index in [-0.39, 0.29) is 11.5 Å². The average molecular weight is 501 g/mol. The van der Waals surface area contributed by atoms with Gasteiger partial charge >= 0.3 is 6.18 Å². The smallest absolute Gasteiger partial charge is 0.352 e. The first-order chi connectivity index (χ1) is 16.9. The van der Waals surface area contributed by atoms with Gasteiger partial charge in [0, 0.05) is 42.5 Å². The number of piperazine rings is 1. The molecule has 3 aromatic rings. The van der Waals surface area contributed by atoms with Crippen molar-refractivity contribution in [2.45, 2.75) is 57.0 Å². The highest BCUT2D eigenvalue weighted by Gasteiger charge is 2.33. The number of halogens is 3. The second-order valence-electron chi connectivity index (χ2n) is 9.78.